The van der Waals surface area contributed by atoms with Crippen LogP contribution in [0.1, 0.15) is 25.7 Å². The summed E-state index contributed by atoms with van der Waals surface area (Å²) in [5, 5.41) is 11.1. The number of ether oxygens (including phenoxy) is 2. The highest BCUT2D eigenvalue weighted by atomic mass is 16.6. The van der Waals surface area contributed by atoms with Crippen molar-refractivity contribution in [3.8, 4) is 11.5 Å². The van der Waals surface area contributed by atoms with E-state index < -0.39 is 4.92 Å². The van der Waals surface area contributed by atoms with Crippen LogP contribution < -0.4 is 15.2 Å². The van der Waals surface area contributed by atoms with Gasteiger partial charge in [-0.1, -0.05) is 6.07 Å². The van der Waals surface area contributed by atoms with Gasteiger partial charge in [0, 0.05) is 6.04 Å². The summed E-state index contributed by atoms with van der Waals surface area (Å²) >= 11 is 0. The fourth-order valence-electron chi connectivity index (χ4n) is 2.33. The van der Waals surface area contributed by atoms with Crippen molar-refractivity contribution in [1.29, 1.82) is 0 Å². The zero-order valence-corrected chi connectivity index (χ0v) is 10.9. The van der Waals surface area contributed by atoms with Crippen molar-refractivity contribution in [2.45, 2.75) is 37.8 Å². The van der Waals surface area contributed by atoms with Crippen molar-refractivity contribution in [1.82, 2.24) is 0 Å². The number of nitro benzene ring substituents is 1. The van der Waals surface area contributed by atoms with E-state index in [1.807, 2.05) is 0 Å². The number of nitrogens with two attached hydrogens (primary N) is 1. The number of hydrogen-bond acceptors (Lipinski definition) is 5. The molecule has 0 radical (unpaired) electrons. The molecule has 0 atom stereocenters. The molecule has 2 N–H and O–H groups in total. The molecule has 0 unspecified atom stereocenters. The van der Waals surface area contributed by atoms with Crippen LogP contribution in [0, 0.1) is 10.1 Å². The van der Waals surface area contributed by atoms with Crippen molar-refractivity contribution >= 4 is 5.69 Å². The van der Waals surface area contributed by atoms with Gasteiger partial charge in [0.15, 0.2) is 0 Å². The van der Waals surface area contributed by atoms with Crippen LogP contribution in [0.25, 0.3) is 0 Å². The van der Waals surface area contributed by atoms with Crippen LogP contribution in [0.4, 0.5) is 5.69 Å². The first-order valence-electron chi connectivity index (χ1n) is 6.35. The van der Waals surface area contributed by atoms with Crippen LogP contribution >= 0.6 is 0 Å². The van der Waals surface area contributed by atoms with E-state index in [1.54, 1.807) is 18.2 Å². The lowest BCUT2D eigenvalue weighted by molar-refractivity contribution is -0.387. The predicted octanol–water partition coefficient (Wildman–Crippen LogP) is 2.25. The standard InChI is InChI=1S/C13H18N2O4/c1-18-11-3-2-4-12(13(11)15(16)17)19-10-7-5-9(14)6-8-10/h2-4,9-10H,5-8,14H2,1H3. The van der Waals surface area contributed by atoms with Crippen molar-refractivity contribution in [2.75, 3.05) is 7.11 Å². The maximum Gasteiger partial charge on any atom is 0.352 e. The second kappa shape index (κ2) is 5.88. The average molecular weight is 266 g/mol. The van der Waals surface area contributed by atoms with Crippen LogP contribution in [-0.4, -0.2) is 24.2 Å². The fraction of sp³-hybridized carbons (Fsp3) is 0.538. The molecule has 1 saturated carbocycles. The number of methoxy groups -OCH3 is 1. The average Bonchev–Trinajstić information content (AvgIpc) is 2.40. The summed E-state index contributed by atoms with van der Waals surface area (Å²) in [6, 6.07) is 5.08. The summed E-state index contributed by atoms with van der Waals surface area (Å²) in [7, 11) is 1.41. The Bertz CT molecular complexity index is 456. The highest BCUT2D eigenvalue weighted by Gasteiger charge is 2.26. The van der Waals surface area contributed by atoms with E-state index in [-0.39, 0.29) is 29.3 Å². The molecule has 0 saturated heterocycles. The quantitative estimate of drug-likeness (QED) is 0.667. The predicted molar refractivity (Wildman–Crippen MR) is 70.5 cm³/mol. The molecule has 19 heavy (non-hydrogen) atoms. The lowest BCUT2D eigenvalue weighted by Gasteiger charge is -2.26. The highest BCUT2D eigenvalue weighted by Crippen LogP contribution is 2.37. The minimum absolute atomic E-state index is 0.00870. The van der Waals surface area contributed by atoms with Crippen LogP contribution in [0.15, 0.2) is 18.2 Å². The SMILES string of the molecule is COc1cccc(OC2CCC(N)CC2)c1[N+](=O)[O-]. The second-order valence-electron chi connectivity index (χ2n) is 4.72. The Morgan fingerprint density at radius 2 is 1.89 bits per heavy atom. The van der Waals surface area contributed by atoms with E-state index in [0.29, 0.717) is 0 Å². The van der Waals surface area contributed by atoms with E-state index in [2.05, 4.69) is 0 Å². The topological polar surface area (TPSA) is 87.6 Å². The first kappa shape index (κ1) is 13.6. The van der Waals surface area contributed by atoms with Gasteiger partial charge in [0.1, 0.15) is 0 Å². The summed E-state index contributed by atoms with van der Waals surface area (Å²) in [5.41, 5.74) is 5.72. The molecular formula is C13H18N2O4. The van der Waals surface area contributed by atoms with Gasteiger partial charge in [0.2, 0.25) is 11.5 Å². The third-order valence-electron chi connectivity index (χ3n) is 3.38. The zero-order chi connectivity index (χ0) is 13.8. The van der Waals surface area contributed by atoms with E-state index in [0.717, 1.165) is 25.7 Å². The van der Waals surface area contributed by atoms with Gasteiger partial charge in [-0.15, -0.1) is 0 Å². The first-order valence-corrected chi connectivity index (χ1v) is 6.35. The van der Waals surface area contributed by atoms with Crippen LogP contribution in [0.2, 0.25) is 0 Å². The molecule has 6 nitrogen and oxygen atoms in total. The Hall–Kier alpha value is -1.82. The lowest BCUT2D eigenvalue weighted by Crippen LogP contribution is -2.31. The molecule has 0 amide bonds. The van der Waals surface area contributed by atoms with Gasteiger partial charge in [-0.25, -0.2) is 0 Å². The second-order valence-corrected chi connectivity index (χ2v) is 4.72. The van der Waals surface area contributed by atoms with Gasteiger partial charge in [0.05, 0.1) is 18.1 Å². The molecule has 0 spiro atoms. The molecule has 1 aromatic carbocycles. The number of hydrogen-bond donors (Lipinski definition) is 1. The van der Waals surface area contributed by atoms with Gasteiger partial charge in [-0.05, 0) is 37.8 Å². The molecule has 1 aliphatic rings. The molecule has 0 aromatic heterocycles. The molecule has 0 heterocycles. The summed E-state index contributed by atoms with van der Waals surface area (Å²) in [6.45, 7) is 0. The van der Waals surface area contributed by atoms with E-state index >= 15 is 0 Å². The molecule has 0 bridgehead atoms. The summed E-state index contributed by atoms with van der Waals surface area (Å²) in [4.78, 5) is 10.7. The molecular weight excluding hydrogens is 248 g/mol. The number of rotatable bonds is 4. The number of para-hydroxylation sites is 1. The van der Waals surface area contributed by atoms with Crippen molar-refractivity contribution in [3.05, 3.63) is 28.3 Å². The smallest absolute Gasteiger partial charge is 0.352 e. The molecule has 0 aliphatic heterocycles. The van der Waals surface area contributed by atoms with Crippen molar-refractivity contribution in [2.24, 2.45) is 5.73 Å². The maximum absolute atomic E-state index is 11.1. The molecule has 1 aliphatic carbocycles. The Kier molecular flexibility index (Phi) is 4.21. The maximum atomic E-state index is 11.1. The summed E-state index contributed by atoms with van der Waals surface area (Å²) < 4.78 is 10.8. The zero-order valence-electron chi connectivity index (χ0n) is 10.9. The number of nitro groups is 1. The number of benzene rings is 1. The van der Waals surface area contributed by atoms with Gasteiger partial charge in [-0.3, -0.25) is 10.1 Å². The monoisotopic (exact) mass is 266 g/mol. The molecule has 2 rings (SSSR count). The third kappa shape index (κ3) is 3.14. The molecule has 1 fully saturated rings. The Morgan fingerprint density at radius 3 is 2.47 bits per heavy atom. The normalized spacial score (nSPS) is 22.8. The highest BCUT2D eigenvalue weighted by molar-refractivity contribution is 5.57. The fourth-order valence-corrected chi connectivity index (χ4v) is 2.33. The van der Waals surface area contributed by atoms with Crippen LogP contribution in [-0.2, 0) is 0 Å². The summed E-state index contributed by atoms with van der Waals surface area (Å²) in [6.07, 6.45) is 3.43. The van der Waals surface area contributed by atoms with Crippen molar-refractivity contribution < 1.29 is 14.4 Å². The largest absolute Gasteiger partial charge is 0.490 e. The van der Waals surface area contributed by atoms with E-state index in [4.69, 9.17) is 15.2 Å². The van der Waals surface area contributed by atoms with E-state index in [9.17, 15) is 10.1 Å². The Morgan fingerprint density at radius 1 is 1.26 bits per heavy atom. The summed E-state index contributed by atoms with van der Waals surface area (Å²) in [5.74, 6) is 0.486. The van der Waals surface area contributed by atoms with Crippen LogP contribution in [0.5, 0.6) is 11.5 Å². The minimum Gasteiger partial charge on any atom is -0.490 e. The number of nitrogens with zero attached hydrogens (tertiary/aromatic N) is 1. The molecule has 6 heteroatoms. The van der Waals surface area contributed by atoms with Gasteiger partial charge in [0.25, 0.3) is 0 Å². The molecule has 1 aromatic rings. The Balaban J connectivity index is 2.17. The van der Waals surface area contributed by atoms with Gasteiger partial charge < -0.3 is 15.2 Å². The van der Waals surface area contributed by atoms with E-state index in [1.165, 1.54) is 7.11 Å². The van der Waals surface area contributed by atoms with Gasteiger partial charge in [-0.2, -0.15) is 0 Å². The van der Waals surface area contributed by atoms with Gasteiger partial charge >= 0.3 is 5.69 Å². The third-order valence-corrected chi connectivity index (χ3v) is 3.38. The van der Waals surface area contributed by atoms with Crippen LogP contribution in [0.3, 0.4) is 0 Å². The first-order chi connectivity index (χ1) is 9.11. The Labute approximate surface area is 111 Å². The van der Waals surface area contributed by atoms with Crippen molar-refractivity contribution in [3.63, 3.8) is 0 Å². The molecule has 104 valence electrons. The lowest BCUT2D eigenvalue weighted by atomic mass is 9.94. The minimum atomic E-state index is -0.470.